The van der Waals surface area contributed by atoms with Crippen LogP contribution < -0.4 is 0 Å². The van der Waals surface area contributed by atoms with Gasteiger partial charge in [0.2, 0.25) is 0 Å². The minimum absolute atomic E-state index is 0.0231. The van der Waals surface area contributed by atoms with E-state index in [1.54, 1.807) is 48.5 Å². The highest BCUT2D eigenvalue weighted by molar-refractivity contribution is 5.86. The lowest BCUT2D eigenvalue weighted by Crippen LogP contribution is -1.97. The molecule has 0 saturated heterocycles. The molecule has 0 amide bonds. The van der Waals surface area contributed by atoms with Crippen LogP contribution in [0.15, 0.2) is 78.9 Å². The number of nitrogens with zero attached hydrogens (tertiary/aromatic N) is 3. The van der Waals surface area contributed by atoms with Crippen LogP contribution in [0.1, 0.15) is 22.5 Å². The van der Waals surface area contributed by atoms with Crippen LogP contribution >= 0.6 is 0 Å². The summed E-state index contributed by atoms with van der Waals surface area (Å²) in [7, 11) is 0. The molecular formula is C24H17N3O4. The lowest BCUT2D eigenvalue weighted by molar-refractivity contribution is -0.384. The molecule has 3 aromatic carbocycles. The van der Waals surface area contributed by atoms with Crippen molar-refractivity contribution in [3.63, 3.8) is 0 Å². The summed E-state index contributed by atoms with van der Waals surface area (Å²) >= 11 is 0. The first-order valence-corrected chi connectivity index (χ1v) is 9.39. The molecule has 7 nitrogen and oxygen atoms in total. The van der Waals surface area contributed by atoms with Gasteiger partial charge < -0.3 is 10.2 Å². The fourth-order valence-electron chi connectivity index (χ4n) is 3.04. The van der Waals surface area contributed by atoms with E-state index in [1.807, 2.05) is 12.1 Å². The Balaban J connectivity index is 1.89. The Morgan fingerprint density at radius 3 is 1.71 bits per heavy atom. The Morgan fingerprint density at radius 1 is 0.742 bits per heavy atom. The van der Waals surface area contributed by atoms with E-state index in [0.29, 0.717) is 27.9 Å². The molecule has 7 heteroatoms. The second kappa shape index (κ2) is 8.46. The van der Waals surface area contributed by atoms with E-state index in [2.05, 4.69) is 9.97 Å². The van der Waals surface area contributed by atoms with Crippen LogP contribution in [0.25, 0.3) is 34.7 Å². The summed E-state index contributed by atoms with van der Waals surface area (Å²) < 4.78 is 0. The number of aliphatic hydroxyl groups excluding tert-OH is 2. The smallest absolute Gasteiger partial charge is 0.271 e. The molecule has 0 atom stereocenters. The van der Waals surface area contributed by atoms with Crippen molar-refractivity contribution in [1.82, 2.24) is 9.97 Å². The summed E-state index contributed by atoms with van der Waals surface area (Å²) in [5.74, 6) is -0.0708. The molecule has 0 spiro atoms. The molecule has 4 rings (SSSR count). The topological polar surface area (TPSA) is 109 Å². The molecular weight excluding hydrogens is 394 g/mol. The summed E-state index contributed by atoms with van der Waals surface area (Å²) in [4.78, 5) is 19.6. The van der Waals surface area contributed by atoms with Gasteiger partial charge in [0, 0.05) is 35.4 Å². The van der Waals surface area contributed by atoms with Crippen LogP contribution in [-0.4, -0.2) is 25.1 Å². The Labute approximate surface area is 177 Å². The highest BCUT2D eigenvalue weighted by Crippen LogP contribution is 2.24. The number of hydrogen-bond acceptors (Lipinski definition) is 6. The first-order valence-electron chi connectivity index (χ1n) is 9.39. The summed E-state index contributed by atoms with van der Waals surface area (Å²) in [6, 6.07) is 22.0. The zero-order valence-corrected chi connectivity index (χ0v) is 16.2. The average molecular weight is 411 g/mol. The third kappa shape index (κ3) is 4.40. The van der Waals surface area contributed by atoms with Crippen molar-refractivity contribution in [3.8, 4) is 0 Å². The van der Waals surface area contributed by atoms with E-state index < -0.39 is 4.92 Å². The van der Waals surface area contributed by atoms with Crippen molar-refractivity contribution >= 4 is 40.4 Å². The number of hydrogen-bond donors (Lipinski definition) is 2. The number of fused-ring (bicyclic) bond motifs is 1. The fraction of sp³-hybridized carbons (Fsp3) is 0. The maximum Gasteiger partial charge on any atom is 0.271 e. The van der Waals surface area contributed by atoms with Gasteiger partial charge in [0.15, 0.2) is 0 Å². The zero-order valence-electron chi connectivity index (χ0n) is 16.2. The van der Waals surface area contributed by atoms with E-state index in [9.17, 15) is 20.3 Å². The van der Waals surface area contributed by atoms with Crippen LogP contribution in [0.3, 0.4) is 0 Å². The summed E-state index contributed by atoms with van der Waals surface area (Å²) in [6.45, 7) is 0. The molecule has 0 aliphatic heterocycles. The highest BCUT2D eigenvalue weighted by Gasteiger charge is 2.13. The number of benzene rings is 3. The SMILES string of the molecule is O=[N+]([O-])c1ccc2nc(/C=C(/O)c3ccccc3)c(/C=C(\O)c3ccccc3)nc2c1. The van der Waals surface area contributed by atoms with Gasteiger partial charge in [-0.2, -0.15) is 0 Å². The summed E-state index contributed by atoms with van der Waals surface area (Å²) in [5, 5.41) is 32.3. The molecule has 1 aromatic heterocycles. The molecule has 0 bridgehead atoms. The predicted octanol–water partition coefficient (Wildman–Crippen LogP) is 5.65. The van der Waals surface area contributed by atoms with Crippen molar-refractivity contribution in [2.75, 3.05) is 0 Å². The lowest BCUT2D eigenvalue weighted by Gasteiger charge is -2.07. The van der Waals surface area contributed by atoms with Crippen molar-refractivity contribution in [1.29, 1.82) is 0 Å². The largest absolute Gasteiger partial charge is 0.507 e. The molecule has 0 aliphatic rings. The minimum atomic E-state index is -0.507. The van der Waals surface area contributed by atoms with Gasteiger partial charge in [0.25, 0.3) is 5.69 Å². The van der Waals surface area contributed by atoms with Crippen molar-refractivity contribution in [2.24, 2.45) is 0 Å². The molecule has 4 aromatic rings. The van der Waals surface area contributed by atoms with Gasteiger partial charge in [-0.1, -0.05) is 60.7 Å². The molecule has 2 N–H and O–H groups in total. The van der Waals surface area contributed by atoms with E-state index in [4.69, 9.17) is 0 Å². The lowest BCUT2D eigenvalue weighted by atomic mass is 10.1. The van der Waals surface area contributed by atoms with Crippen LogP contribution in [0.2, 0.25) is 0 Å². The molecule has 0 fully saturated rings. The van der Waals surface area contributed by atoms with Gasteiger partial charge in [0.1, 0.15) is 11.5 Å². The number of non-ortho nitro benzene ring substituents is 1. The van der Waals surface area contributed by atoms with E-state index >= 15 is 0 Å². The quantitative estimate of drug-likeness (QED) is 0.249. The second-order valence-electron chi connectivity index (χ2n) is 6.72. The number of nitro groups is 1. The van der Waals surface area contributed by atoms with Crippen LogP contribution in [-0.2, 0) is 0 Å². The first kappa shape index (κ1) is 19.8. The number of aromatic nitrogens is 2. The summed E-state index contributed by atoms with van der Waals surface area (Å²) in [6.07, 6.45) is 2.87. The van der Waals surface area contributed by atoms with Gasteiger partial charge in [0.05, 0.1) is 27.3 Å². The molecule has 31 heavy (non-hydrogen) atoms. The second-order valence-corrected chi connectivity index (χ2v) is 6.72. The Hall–Kier alpha value is -4.52. The third-order valence-electron chi connectivity index (χ3n) is 4.60. The van der Waals surface area contributed by atoms with Gasteiger partial charge >= 0.3 is 0 Å². The molecule has 1 heterocycles. The summed E-state index contributed by atoms with van der Waals surface area (Å²) in [5.41, 5.74) is 2.36. The van der Waals surface area contributed by atoms with Crippen molar-refractivity contribution in [3.05, 3.63) is 111 Å². The standard InChI is InChI=1S/C24H17N3O4/c28-23(16-7-3-1-4-8-16)14-21-22(15-24(29)17-9-5-2-6-10-17)26-20-13-18(27(30)31)11-12-19(20)25-21/h1-15,28-29H/b23-14+,24-15-. The zero-order chi connectivity index (χ0) is 21.8. The fourth-order valence-corrected chi connectivity index (χ4v) is 3.04. The number of nitro benzene ring substituents is 1. The van der Waals surface area contributed by atoms with Crippen LogP contribution in [0.5, 0.6) is 0 Å². The Morgan fingerprint density at radius 2 is 1.23 bits per heavy atom. The molecule has 0 aliphatic carbocycles. The Kier molecular flexibility index (Phi) is 5.40. The minimum Gasteiger partial charge on any atom is -0.507 e. The van der Waals surface area contributed by atoms with Crippen molar-refractivity contribution < 1.29 is 15.1 Å². The molecule has 0 radical (unpaired) electrons. The van der Waals surface area contributed by atoms with E-state index in [1.165, 1.54) is 30.4 Å². The highest BCUT2D eigenvalue weighted by atomic mass is 16.6. The van der Waals surface area contributed by atoms with Crippen LogP contribution in [0, 0.1) is 10.1 Å². The maximum atomic E-state index is 11.1. The normalized spacial score (nSPS) is 12.1. The van der Waals surface area contributed by atoms with Gasteiger partial charge in [-0.25, -0.2) is 9.97 Å². The van der Waals surface area contributed by atoms with Crippen LogP contribution in [0.4, 0.5) is 5.69 Å². The Bertz CT molecular complexity index is 1320. The van der Waals surface area contributed by atoms with Gasteiger partial charge in [-0.05, 0) is 6.07 Å². The van der Waals surface area contributed by atoms with E-state index in [-0.39, 0.29) is 22.9 Å². The number of aliphatic hydroxyl groups is 2. The van der Waals surface area contributed by atoms with Gasteiger partial charge in [-0.3, -0.25) is 10.1 Å². The average Bonchev–Trinajstić information content (AvgIpc) is 2.80. The number of rotatable bonds is 5. The maximum absolute atomic E-state index is 11.1. The van der Waals surface area contributed by atoms with Gasteiger partial charge in [-0.15, -0.1) is 0 Å². The first-order chi connectivity index (χ1) is 15.0. The molecule has 0 saturated carbocycles. The monoisotopic (exact) mass is 411 g/mol. The molecule has 0 unspecified atom stereocenters. The third-order valence-corrected chi connectivity index (χ3v) is 4.60. The predicted molar refractivity (Wildman–Crippen MR) is 120 cm³/mol. The molecule has 152 valence electrons. The van der Waals surface area contributed by atoms with E-state index in [0.717, 1.165) is 0 Å². The van der Waals surface area contributed by atoms with Crippen molar-refractivity contribution in [2.45, 2.75) is 0 Å².